The predicted molar refractivity (Wildman–Crippen MR) is 118 cm³/mol. The van der Waals surface area contributed by atoms with E-state index in [1.165, 1.54) is 11.3 Å². The van der Waals surface area contributed by atoms with Crippen LogP contribution in [-0.4, -0.2) is 36.9 Å². The minimum atomic E-state index is 0.182. The van der Waals surface area contributed by atoms with Gasteiger partial charge in [-0.05, 0) is 48.4 Å². The maximum absolute atomic E-state index is 12.5. The van der Waals surface area contributed by atoms with Crippen molar-refractivity contribution in [3.8, 4) is 0 Å². The zero-order valence-corrected chi connectivity index (χ0v) is 16.7. The molecule has 0 aromatic heterocycles. The Balaban J connectivity index is 1.28. The van der Waals surface area contributed by atoms with E-state index in [0.717, 1.165) is 43.9 Å². The quantitative estimate of drug-likeness (QED) is 0.509. The SMILES string of the molecule is O=C(CCC1=C=C=CC=C1)c1ccc(N2CCN(Cc3ccccc3)CC2)cc1. The highest BCUT2D eigenvalue weighted by atomic mass is 16.1. The zero-order chi connectivity index (χ0) is 19.9. The summed E-state index contributed by atoms with van der Waals surface area (Å²) in [6.07, 6.45) is 6.97. The Morgan fingerprint density at radius 2 is 1.69 bits per heavy atom. The second-order valence-corrected chi connectivity index (χ2v) is 7.54. The summed E-state index contributed by atoms with van der Waals surface area (Å²) in [5.41, 5.74) is 10.4. The van der Waals surface area contributed by atoms with Gasteiger partial charge in [0.05, 0.1) is 0 Å². The summed E-state index contributed by atoms with van der Waals surface area (Å²) >= 11 is 0. The van der Waals surface area contributed by atoms with Gasteiger partial charge in [0.1, 0.15) is 0 Å². The van der Waals surface area contributed by atoms with Crippen LogP contribution in [-0.2, 0) is 6.54 Å². The van der Waals surface area contributed by atoms with Gasteiger partial charge in [0.25, 0.3) is 0 Å². The molecular weight excluding hydrogens is 356 g/mol. The number of hydrogen-bond acceptors (Lipinski definition) is 3. The Morgan fingerprint density at radius 1 is 0.931 bits per heavy atom. The number of carbonyl (C=O) groups excluding carboxylic acids is 1. The molecule has 0 atom stereocenters. The summed E-state index contributed by atoms with van der Waals surface area (Å²) in [7, 11) is 0. The fraction of sp³-hybridized carbons (Fsp3) is 0.269. The number of ketones is 1. The number of nitrogens with zero attached hydrogens (tertiary/aromatic N) is 2. The molecule has 2 aromatic rings. The maximum atomic E-state index is 12.5. The van der Waals surface area contributed by atoms with Crippen molar-refractivity contribution in [2.24, 2.45) is 0 Å². The Bertz CT molecular complexity index is 967. The summed E-state index contributed by atoms with van der Waals surface area (Å²) in [5, 5.41) is 0. The molecule has 146 valence electrons. The van der Waals surface area contributed by atoms with Crippen LogP contribution in [0, 0.1) is 0 Å². The van der Waals surface area contributed by atoms with Crippen LogP contribution in [0.15, 0.2) is 89.9 Å². The molecule has 1 heterocycles. The highest BCUT2D eigenvalue weighted by molar-refractivity contribution is 5.96. The van der Waals surface area contributed by atoms with Gasteiger partial charge in [-0.2, -0.15) is 0 Å². The molecule has 3 heteroatoms. The van der Waals surface area contributed by atoms with E-state index in [2.05, 4.69) is 63.7 Å². The number of hydrogen-bond donors (Lipinski definition) is 0. The first-order valence-electron chi connectivity index (χ1n) is 10.3. The van der Waals surface area contributed by atoms with Crippen molar-refractivity contribution in [3.63, 3.8) is 0 Å². The highest BCUT2D eigenvalue weighted by Gasteiger charge is 2.17. The highest BCUT2D eigenvalue weighted by Crippen LogP contribution is 2.20. The molecule has 2 aromatic carbocycles. The first kappa shape index (κ1) is 19.2. The smallest absolute Gasteiger partial charge is 0.163 e. The van der Waals surface area contributed by atoms with Gasteiger partial charge in [-0.1, -0.05) is 47.9 Å². The first-order valence-corrected chi connectivity index (χ1v) is 10.3. The molecule has 2 aliphatic rings. The second-order valence-electron chi connectivity index (χ2n) is 7.54. The van der Waals surface area contributed by atoms with E-state index in [1.54, 1.807) is 0 Å². The average Bonchev–Trinajstić information content (AvgIpc) is 2.79. The molecule has 0 radical (unpaired) electrons. The number of anilines is 1. The van der Waals surface area contributed by atoms with E-state index < -0.39 is 0 Å². The summed E-state index contributed by atoms with van der Waals surface area (Å²) in [4.78, 5) is 17.4. The third-order valence-electron chi connectivity index (χ3n) is 5.51. The lowest BCUT2D eigenvalue weighted by molar-refractivity contribution is 0.0983. The van der Waals surface area contributed by atoms with E-state index in [-0.39, 0.29) is 5.78 Å². The first-order chi connectivity index (χ1) is 14.3. The molecule has 1 fully saturated rings. The average molecular weight is 383 g/mol. The van der Waals surface area contributed by atoms with E-state index in [4.69, 9.17) is 0 Å². The summed E-state index contributed by atoms with van der Waals surface area (Å²) in [6, 6.07) is 18.8. The van der Waals surface area contributed by atoms with Crippen molar-refractivity contribution >= 4 is 11.5 Å². The second kappa shape index (κ2) is 9.41. The van der Waals surface area contributed by atoms with Crippen LogP contribution >= 0.6 is 0 Å². The van der Waals surface area contributed by atoms with Crippen molar-refractivity contribution < 1.29 is 4.79 Å². The predicted octanol–water partition coefficient (Wildman–Crippen LogP) is 4.78. The topological polar surface area (TPSA) is 23.6 Å². The fourth-order valence-electron chi connectivity index (χ4n) is 3.79. The lowest BCUT2D eigenvalue weighted by Gasteiger charge is -2.36. The molecule has 1 saturated heterocycles. The molecule has 4 rings (SSSR count). The van der Waals surface area contributed by atoms with Crippen molar-refractivity contribution in [1.82, 2.24) is 4.90 Å². The van der Waals surface area contributed by atoms with Crippen LogP contribution < -0.4 is 4.90 Å². The maximum Gasteiger partial charge on any atom is 0.163 e. The number of benzene rings is 2. The minimum Gasteiger partial charge on any atom is -0.369 e. The Kier molecular flexibility index (Phi) is 6.24. The lowest BCUT2D eigenvalue weighted by Crippen LogP contribution is -2.45. The number of allylic oxidation sites excluding steroid dienone is 4. The lowest BCUT2D eigenvalue weighted by atomic mass is 10.0. The largest absolute Gasteiger partial charge is 0.369 e. The third-order valence-corrected chi connectivity index (χ3v) is 5.51. The molecule has 0 spiro atoms. The fourth-order valence-corrected chi connectivity index (χ4v) is 3.79. The zero-order valence-electron chi connectivity index (χ0n) is 16.7. The normalized spacial score (nSPS) is 16.1. The molecule has 0 saturated carbocycles. The minimum absolute atomic E-state index is 0.182. The molecule has 1 aliphatic carbocycles. The van der Waals surface area contributed by atoms with Crippen LogP contribution in [0.1, 0.15) is 28.8 Å². The van der Waals surface area contributed by atoms with Gasteiger partial charge < -0.3 is 4.90 Å². The molecule has 1 aliphatic heterocycles. The van der Waals surface area contributed by atoms with Gasteiger partial charge in [-0.15, -0.1) is 0 Å². The van der Waals surface area contributed by atoms with Crippen LogP contribution in [0.2, 0.25) is 0 Å². The number of Topliss-reactive ketones (excluding diaryl/α,β-unsaturated/α-hetero) is 1. The van der Waals surface area contributed by atoms with Crippen molar-refractivity contribution in [1.29, 1.82) is 0 Å². The van der Waals surface area contributed by atoms with Gasteiger partial charge in [-0.25, -0.2) is 0 Å². The van der Waals surface area contributed by atoms with Crippen molar-refractivity contribution in [3.05, 3.63) is 101 Å². The molecule has 3 nitrogen and oxygen atoms in total. The number of piperazine rings is 1. The Morgan fingerprint density at radius 3 is 2.38 bits per heavy atom. The summed E-state index contributed by atoms with van der Waals surface area (Å²) in [6.45, 7) is 5.15. The molecule has 0 N–H and O–H groups in total. The monoisotopic (exact) mass is 382 g/mol. The molecule has 0 unspecified atom stereocenters. The van der Waals surface area contributed by atoms with Gasteiger partial charge in [0.15, 0.2) is 5.78 Å². The van der Waals surface area contributed by atoms with Gasteiger partial charge in [-0.3, -0.25) is 9.69 Å². The van der Waals surface area contributed by atoms with Gasteiger partial charge in [0, 0.05) is 56.0 Å². The van der Waals surface area contributed by atoms with E-state index in [1.807, 2.05) is 30.4 Å². The van der Waals surface area contributed by atoms with Crippen molar-refractivity contribution in [2.75, 3.05) is 31.1 Å². The summed E-state index contributed by atoms with van der Waals surface area (Å²) in [5.74, 6) is 0.182. The Hall–Kier alpha value is -3.09. The molecule has 0 bridgehead atoms. The molecular formula is C26H26N2O. The standard InChI is InChI=1S/C26H26N2O/c29-26(16-11-22-7-3-1-4-8-22)24-12-14-25(15-13-24)28-19-17-27(18-20-28)21-23-9-5-2-6-10-23/h1-3,5-7,9-10,12-15H,11,16-21H2. The summed E-state index contributed by atoms with van der Waals surface area (Å²) < 4.78 is 0. The van der Waals surface area contributed by atoms with E-state index >= 15 is 0 Å². The van der Waals surface area contributed by atoms with Crippen molar-refractivity contribution in [2.45, 2.75) is 19.4 Å². The Labute approximate surface area is 173 Å². The number of rotatable bonds is 7. The van der Waals surface area contributed by atoms with Crippen LogP contribution in [0.5, 0.6) is 0 Å². The van der Waals surface area contributed by atoms with E-state index in [9.17, 15) is 4.79 Å². The molecule has 29 heavy (non-hydrogen) atoms. The third kappa shape index (κ3) is 5.25. The number of carbonyl (C=O) groups is 1. The van der Waals surface area contributed by atoms with Gasteiger partial charge in [0.2, 0.25) is 0 Å². The van der Waals surface area contributed by atoms with E-state index in [0.29, 0.717) is 12.8 Å². The molecule has 0 amide bonds. The van der Waals surface area contributed by atoms with Crippen LogP contribution in [0.4, 0.5) is 5.69 Å². The van der Waals surface area contributed by atoms with Crippen LogP contribution in [0.25, 0.3) is 0 Å². The van der Waals surface area contributed by atoms with Gasteiger partial charge >= 0.3 is 0 Å². The van der Waals surface area contributed by atoms with Crippen LogP contribution in [0.3, 0.4) is 0 Å².